The molecule has 2 aliphatic rings. The second-order valence-corrected chi connectivity index (χ2v) is 4.15. The van der Waals surface area contributed by atoms with Crippen LogP contribution in [0.25, 0.3) is 0 Å². The van der Waals surface area contributed by atoms with E-state index in [1.807, 2.05) is 0 Å². The molecule has 0 aromatic rings. The Morgan fingerprint density at radius 3 is 3.14 bits per heavy atom. The fraction of sp³-hybridized carbons (Fsp3) is 0.900. The summed E-state index contributed by atoms with van der Waals surface area (Å²) in [7, 11) is 2.09. The Balaban J connectivity index is 1.70. The van der Waals surface area contributed by atoms with E-state index < -0.39 is 0 Å². The molecule has 0 saturated carbocycles. The summed E-state index contributed by atoms with van der Waals surface area (Å²) in [5, 5.41) is 6.94. The molecule has 0 aliphatic carbocycles. The third-order valence-corrected chi connectivity index (χ3v) is 2.98. The first-order valence-electron chi connectivity index (χ1n) is 5.59. The fourth-order valence-electron chi connectivity index (χ4n) is 2.04. The third-order valence-electron chi connectivity index (χ3n) is 2.98. The monoisotopic (exact) mass is 196 g/mol. The Hall–Kier alpha value is -0.770. The standard InChI is InChI=1S/C10H20N4/c1-14-7-6-12-10(14)13-8-9-4-2-3-5-11-9/h9,11H,2-8H2,1H3,(H,12,13). The van der Waals surface area contributed by atoms with Gasteiger partial charge in [0.15, 0.2) is 5.96 Å². The highest BCUT2D eigenvalue weighted by atomic mass is 15.3. The van der Waals surface area contributed by atoms with Crippen molar-refractivity contribution in [1.29, 1.82) is 0 Å². The van der Waals surface area contributed by atoms with Gasteiger partial charge < -0.3 is 15.5 Å². The number of rotatable bonds is 2. The summed E-state index contributed by atoms with van der Waals surface area (Å²) in [4.78, 5) is 6.59. The lowest BCUT2D eigenvalue weighted by Gasteiger charge is -2.25. The van der Waals surface area contributed by atoms with Gasteiger partial charge in [-0.1, -0.05) is 6.42 Å². The van der Waals surface area contributed by atoms with Crippen molar-refractivity contribution in [3.63, 3.8) is 0 Å². The number of guanidine groups is 1. The Kier molecular flexibility index (Phi) is 3.24. The number of hydrogen-bond donors (Lipinski definition) is 2. The minimum absolute atomic E-state index is 0.639. The average Bonchev–Trinajstić information content (AvgIpc) is 2.63. The molecule has 2 aliphatic heterocycles. The highest BCUT2D eigenvalue weighted by molar-refractivity contribution is 5.81. The maximum absolute atomic E-state index is 4.40. The first-order chi connectivity index (χ1) is 6.86. The molecule has 1 unspecified atom stereocenters. The van der Waals surface area contributed by atoms with Gasteiger partial charge in [-0.25, -0.2) is 0 Å². The number of hydrogen-bond acceptors (Lipinski definition) is 4. The molecular weight excluding hydrogens is 176 g/mol. The maximum Gasteiger partial charge on any atom is 0.193 e. The van der Waals surface area contributed by atoms with Crippen molar-refractivity contribution in [2.75, 3.05) is 33.2 Å². The van der Waals surface area contributed by atoms with Gasteiger partial charge in [-0.3, -0.25) is 4.99 Å². The molecule has 1 fully saturated rings. The molecule has 2 rings (SSSR count). The van der Waals surface area contributed by atoms with Crippen LogP contribution in [0.2, 0.25) is 0 Å². The molecule has 1 saturated heterocycles. The van der Waals surface area contributed by atoms with Gasteiger partial charge in [-0.2, -0.15) is 0 Å². The van der Waals surface area contributed by atoms with E-state index in [0.717, 1.165) is 25.6 Å². The Bertz CT molecular complexity index is 208. The molecule has 0 spiro atoms. The van der Waals surface area contributed by atoms with E-state index in [9.17, 15) is 0 Å². The topological polar surface area (TPSA) is 39.7 Å². The minimum atomic E-state index is 0.639. The van der Waals surface area contributed by atoms with Crippen LogP contribution >= 0.6 is 0 Å². The first kappa shape index (κ1) is 9.77. The third kappa shape index (κ3) is 2.38. The second-order valence-electron chi connectivity index (χ2n) is 4.15. The van der Waals surface area contributed by atoms with Gasteiger partial charge in [0.05, 0.1) is 6.54 Å². The first-order valence-corrected chi connectivity index (χ1v) is 5.59. The van der Waals surface area contributed by atoms with Gasteiger partial charge >= 0.3 is 0 Å². The van der Waals surface area contributed by atoms with Crippen molar-refractivity contribution in [3.8, 4) is 0 Å². The summed E-state index contributed by atoms with van der Waals surface area (Å²) in [6, 6.07) is 0.639. The quantitative estimate of drug-likeness (QED) is 0.654. The molecular formula is C10H20N4. The lowest BCUT2D eigenvalue weighted by atomic mass is 10.1. The van der Waals surface area contributed by atoms with Crippen molar-refractivity contribution >= 4 is 5.96 Å². The highest BCUT2D eigenvalue weighted by Crippen LogP contribution is 2.06. The summed E-state index contributed by atoms with van der Waals surface area (Å²) in [5.74, 6) is 1.07. The molecule has 0 radical (unpaired) electrons. The number of piperidine rings is 1. The zero-order valence-electron chi connectivity index (χ0n) is 8.92. The molecule has 2 N–H and O–H groups in total. The number of nitrogens with zero attached hydrogens (tertiary/aromatic N) is 2. The normalized spacial score (nSPS) is 27.6. The Labute approximate surface area is 85.8 Å². The zero-order valence-corrected chi connectivity index (χ0v) is 8.92. The van der Waals surface area contributed by atoms with Gasteiger partial charge in [-0.15, -0.1) is 0 Å². The van der Waals surface area contributed by atoms with Gasteiger partial charge in [0, 0.05) is 26.2 Å². The van der Waals surface area contributed by atoms with Crippen LogP contribution in [0.5, 0.6) is 0 Å². The molecule has 0 aromatic carbocycles. The number of nitrogens with one attached hydrogen (secondary N) is 2. The van der Waals surface area contributed by atoms with Gasteiger partial charge in [-0.05, 0) is 19.4 Å². The van der Waals surface area contributed by atoms with E-state index in [1.165, 1.54) is 25.8 Å². The van der Waals surface area contributed by atoms with Crippen LogP contribution in [0.4, 0.5) is 0 Å². The van der Waals surface area contributed by atoms with Crippen molar-refractivity contribution in [1.82, 2.24) is 15.5 Å². The van der Waals surface area contributed by atoms with E-state index in [-0.39, 0.29) is 0 Å². The van der Waals surface area contributed by atoms with E-state index in [0.29, 0.717) is 6.04 Å². The molecule has 80 valence electrons. The van der Waals surface area contributed by atoms with Gasteiger partial charge in [0.25, 0.3) is 0 Å². The van der Waals surface area contributed by atoms with Crippen molar-refractivity contribution < 1.29 is 0 Å². The van der Waals surface area contributed by atoms with E-state index in [4.69, 9.17) is 0 Å². The van der Waals surface area contributed by atoms with Crippen molar-refractivity contribution in [2.24, 2.45) is 4.99 Å². The molecule has 2 heterocycles. The van der Waals surface area contributed by atoms with Crippen LogP contribution in [-0.4, -0.2) is 50.1 Å². The minimum Gasteiger partial charge on any atom is -0.355 e. The van der Waals surface area contributed by atoms with Crippen LogP contribution in [0.3, 0.4) is 0 Å². The maximum atomic E-state index is 4.40. The van der Waals surface area contributed by atoms with Gasteiger partial charge in [0.2, 0.25) is 0 Å². The summed E-state index contributed by atoms with van der Waals surface area (Å²) in [6.45, 7) is 4.19. The molecule has 4 nitrogen and oxygen atoms in total. The average molecular weight is 196 g/mol. The molecule has 0 bridgehead atoms. The summed E-state index contributed by atoms with van der Waals surface area (Å²) in [5.41, 5.74) is 0. The van der Waals surface area contributed by atoms with E-state index >= 15 is 0 Å². The fourth-order valence-corrected chi connectivity index (χ4v) is 2.04. The van der Waals surface area contributed by atoms with Crippen LogP contribution < -0.4 is 10.6 Å². The van der Waals surface area contributed by atoms with Crippen molar-refractivity contribution in [3.05, 3.63) is 0 Å². The SMILES string of the molecule is CN1CCN=C1NCC1CCCCN1. The predicted octanol–water partition coefficient (Wildman–Crippen LogP) is 0.0195. The van der Waals surface area contributed by atoms with E-state index in [2.05, 4.69) is 27.6 Å². The Morgan fingerprint density at radius 1 is 1.57 bits per heavy atom. The van der Waals surface area contributed by atoms with Crippen LogP contribution in [0.1, 0.15) is 19.3 Å². The lowest BCUT2D eigenvalue weighted by Crippen LogP contribution is -2.46. The van der Waals surface area contributed by atoms with E-state index in [1.54, 1.807) is 0 Å². The largest absolute Gasteiger partial charge is 0.355 e. The summed E-state index contributed by atoms with van der Waals surface area (Å²) in [6.07, 6.45) is 3.99. The smallest absolute Gasteiger partial charge is 0.193 e. The summed E-state index contributed by atoms with van der Waals surface area (Å²) >= 11 is 0. The lowest BCUT2D eigenvalue weighted by molar-refractivity contribution is 0.393. The molecule has 0 amide bonds. The highest BCUT2D eigenvalue weighted by Gasteiger charge is 2.15. The summed E-state index contributed by atoms with van der Waals surface area (Å²) < 4.78 is 0. The Morgan fingerprint density at radius 2 is 2.50 bits per heavy atom. The van der Waals surface area contributed by atoms with Crippen LogP contribution in [-0.2, 0) is 0 Å². The van der Waals surface area contributed by atoms with Crippen LogP contribution in [0.15, 0.2) is 4.99 Å². The van der Waals surface area contributed by atoms with Crippen LogP contribution in [0, 0.1) is 0 Å². The van der Waals surface area contributed by atoms with Gasteiger partial charge in [0.1, 0.15) is 0 Å². The molecule has 0 aromatic heterocycles. The zero-order chi connectivity index (χ0) is 9.80. The predicted molar refractivity (Wildman–Crippen MR) is 58.6 cm³/mol. The molecule has 14 heavy (non-hydrogen) atoms. The number of aliphatic imine (C=N–C) groups is 1. The van der Waals surface area contributed by atoms with Crippen molar-refractivity contribution in [2.45, 2.75) is 25.3 Å². The number of likely N-dealkylation sites (N-methyl/N-ethyl adjacent to an activating group) is 1. The molecule has 4 heteroatoms. The second kappa shape index (κ2) is 4.64. The molecule has 1 atom stereocenters.